The number of carbonyl (C=O) groups excluding carboxylic acids is 1. The number of rotatable bonds is 5. The van der Waals surface area contributed by atoms with Crippen molar-refractivity contribution in [3.05, 3.63) is 101 Å². The fraction of sp³-hybridized carbons (Fsp3) is 0.200. The van der Waals surface area contributed by atoms with Gasteiger partial charge in [-0.1, -0.05) is 24.3 Å². The predicted molar refractivity (Wildman–Crippen MR) is 150 cm³/mol. The molecule has 0 unspecified atom stereocenters. The van der Waals surface area contributed by atoms with E-state index in [1.165, 1.54) is 41.4 Å². The SMILES string of the molecule is NC(=O)c1c(-c2ccc(-c3cc([C@H]4CC[C@@H](O)CC4)n4ncnc(N)c34)cc2)ccn(-c2ccc(F)cc2)c1=O. The van der Waals surface area contributed by atoms with Gasteiger partial charge in [-0.3, -0.25) is 14.2 Å². The topological polar surface area (TPSA) is 142 Å². The Morgan fingerprint density at radius 1 is 0.950 bits per heavy atom. The second-order valence-corrected chi connectivity index (χ2v) is 10.1. The monoisotopic (exact) mass is 538 g/mol. The molecule has 6 rings (SSSR count). The molecular formula is C30H27FN6O3. The Labute approximate surface area is 228 Å². The lowest BCUT2D eigenvalue weighted by atomic mass is 9.85. The molecule has 1 fully saturated rings. The summed E-state index contributed by atoms with van der Waals surface area (Å²) in [6.07, 6.45) is 5.91. The van der Waals surface area contributed by atoms with Crippen molar-refractivity contribution in [3.8, 4) is 27.9 Å². The standard InChI is InChI=1S/C30H27FN6O3/c31-20-7-9-21(10-8-20)36-14-13-23(26(29(33)39)30(36)40)17-1-3-18(4-2-17)24-15-25(19-5-11-22(38)12-6-19)37-27(24)28(32)34-16-35-37/h1-4,7-10,13-16,19,22,38H,5-6,11-12H2,(H2,33,39)(H2,32,34,35)/t19-,22+. The summed E-state index contributed by atoms with van der Waals surface area (Å²) in [6.45, 7) is 0. The van der Waals surface area contributed by atoms with E-state index >= 15 is 0 Å². The van der Waals surface area contributed by atoms with Crippen molar-refractivity contribution in [1.82, 2.24) is 19.2 Å². The summed E-state index contributed by atoms with van der Waals surface area (Å²) in [4.78, 5) is 29.9. The maximum Gasteiger partial charge on any atom is 0.268 e. The van der Waals surface area contributed by atoms with Crippen molar-refractivity contribution in [2.75, 3.05) is 5.73 Å². The van der Waals surface area contributed by atoms with Crippen LogP contribution in [0.4, 0.5) is 10.2 Å². The van der Waals surface area contributed by atoms with E-state index in [9.17, 15) is 19.1 Å². The van der Waals surface area contributed by atoms with Crippen LogP contribution in [0.5, 0.6) is 0 Å². The number of amides is 1. The number of aromatic nitrogens is 4. The van der Waals surface area contributed by atoms with Gasteiger partial charge in [0.2, 0.25) is 0 Å². The second kappa shape index (κ2) is 10.0. The van der Waals surface area contributed by atoms with E-state index in [1.54, 1.807) is 6.07 Å². The van der Waals surface area contributed by atoms with Crippen LogP contribution in [0.25, 0.3) is 33.5 Å². The molecule has 0 aliphatic heterocycles. The Bertz CT molecular complexity index is 1790. The highest BCUT2D eigenvalue weighted by atomic mass is 19.1. The van der Waals surface area contributed by atoms with E-state index in [0.717, 1.165) is 42.5 Å². The van der Waals surface area contributed by atoms with E-state index in [1.807, 2.05) is 28.8 Å². The number of anilines is 1. The van der Waals surface area contributed by atoms with Crippen LogP contribution in [0.2, 0.25) is 0 Å². The first-order chi connectivity index (χ1) is 19.3. The number of pyridine rings is 1. The van der Waals surface area contributed by atoms with Crippen LogP contribution >= 0.6 is 0 Å². The maximum atomic E-state index is 13.4. The lowest BCUT2D eigenvalue weighted by molar-refractivity contribution is 0.0999. The highest BCUT2D eigenvalue weighted by Gasteiger charge is 2.26. The highest BCUT2D eigenvalue weighted by molar-refractivity contribution is 5.99. The summed E-state index contributed by atoms with van der Waals surface area (Å²) in [5.74, 6) is -0.690. The van der Waals surface area contributed by atoms with Crippen LogP contribution in [0, 0.1) is 5.82 Å². The summed E-state index contributed by atoms with van der Waals surface area (Å²) < 4.78 is 16.5. The van der Waals surface area contributed by atoms with Gasteiger partial charge in [0.25, 0.3) is 11.5 Å². The van der Waals surface area contributed by atoms with Crippen molar-refractivity contribution in [1.29, 1.82) is 0 Å². The Morgan fingerprint density at radius 3 is 2.25 bits per heavy atom. The fourth-order valence-corrected chi connectivity index (χ4v) is 5.62. The second-order valence-electron chi connectivity index (χ2n) is 10.1. The van der Waals surface area contributed by atoms with Gasteiger partial charge in [-0.2, -0.15) is 5.10 Å². The average molecular weight is 539 g/mol. The minimum atomic E-state index is -0.855. The van der Waals surface area contributed by atoms with Crippen molar-refractivity contribution in [3.63, 3.8) is 0 Å². The van der Waals surface area contributed by atoms with E-state index in [4.69, 9.17) is 11.5 Å². The summed E-state index contributed by atoms with van der Waals surface area (Å²) in [5, 5.41) is 14.5. The number of aliphatic hydroxyl groups excluding tert-OH is 1. The Balaban J connectivity index is 1.41. The van der Waals surface area contributed by atoms with Gasteiger partial charge in [-0.25, -0.2) is 13.9 Å². The van der Waals surface area contributed by atoms with Gasteiger partial charge in [-0.05, 0) is 73.2 Å². The van der Waals surface area contributed by atoms with Crippen molar-refractivity contribution >= 4 is 17.2 Å². The van der Waals surface area contributed by atoms with E-state index in [2.05, 4.69) is 16.1 Å². The molecule has 3 aromatic heterocycles. The molecule has 1 aliphatic carbocycles. The molecule has 40 heavy (non-hydrogen) atoms. The molecule has 10 heteroatoms. The molecule has 202 valence electrons. The smallest absolute Gasteiger partial charge is 0.268 e. The lowest BCUT2D eigenvalue weighted by Crippen LogP contribution is -2.29. The van der Waals surface area contributed by atoms with Crippen LogP contribution in [-0.4, -0.2) is 36.3 Å². The number of benzene rings is 2. The molecule has 0 radical (unpaired) electrons. The highest BCUT2D eigenvalue weighted by Crippen LogP contribution is 2.39. The average Bonchev–Trinajstić information content (AvgIpc) is 3.35. The van der Waals surface area contributed by atoms with Crippen LogP contribution in [0.15, 0.2) is 78.0 Å². The first-order valence-electron chi connectivity index (χ1n) is 13.0. The number of carbonyl (C=O) groups is 1. The van der Waals surface area contributed by atoms with Crippen molar-refractivity contribution < 1.29 is 14.3 Å². The first kappa shape index (κ1) is 25.4. The number of aliphatic hydroxyl groups is 1. The van der Waals surface area contributed by atoms with Crippen LogP contribution < -0.4 is 17.0 Å². The third-order valence-electron chi connectivity index (χ3n) is 7.68. The number of nitrogens with two attached hydrogens (primary N) is 2. The van der Waals surface area contributed by atoms with Gasteiger partial charge in [0.1, 0.15) is 23.2 Å². The number of primary amides is 1. The molecule has 5 aromatic rings. The molecular weight excluding hydrogens is 511 g/mol. The van der Waals surface area contributed by atoms with Gasteiger partial charge in [0, 0.05) is 34.6 Å². The molecule has 0 bridgehead atoms. The van der Waals surface area contributed by atoms with Gasteiger partial charge < -0.3 is 16.6 Å². The number of hydrogen-bond donors (Lipinski definition) is 3. The zero-order valence-electron chi connectivity index (χ0n) is 21.5. The molecule has 0 saturated heterocycles. The minimum Gasteiger partial charge on any atom is -0.393 e. The lowest BCUT2D eigenvalue weighted by Gasteiger charge is -2.24. The van der Waals surface area contributed by atoms with Gasteiger partial charge in [0.15, 0.2) is 5.82 Å². The molecule has 1 amide bonds. The number of hydrogen-bond acceptors (Lipinski definition) is 6. The van der Waals surface area contributed by atoms with Gasteiger partial charge >= 0.3 is 0 Å². The van der Waals surface area contributed by atoms with Crippen molar-refractivity contribution in [2.24, 2.45) is 5.73 Å². The normalized spacial score (nSPS) is 17.2. The zero-order valence-corrected chi connectivity index (χ0v) is 21.5. The van der Waals surface area contributed by atoms with Gasteiger partial charge in [-0.15, -0.1) is 0 Å². The molecule has 3 heterocycles. The van der Waals surface area contributed by atoms with Crippen LogP contribution in [0.1, 0.15) is 47.7 Å². The minimum absolute atomic E-state index is 0.159. The number of halogens is 1. The quantitative estimate of drug-likeness (QED) is 0.308. The van der Waals surface area contributed by atoms with E-state index in [-0.39, 0.29) is 17.6 Å². The predicted octanol–water partition coefficient (Wildman–Crippen LogP) is 4.05. The summed E-state index contributed by atoms with van der Waals surface area (Å²) in [7, 11) is 0. The molecule has 2 aromatic carbocycles. The Hall–Kier alpha value is -4.83. The number of fused-ring (bicyclic) bond motifs is 1. The van der Waals surface area contributed by atoms with E-state index < -0.39 is 17.3 Å². The fourth-order valence-electron chi connectivity index (χ4n) is 5.62. The summed E-state index contributed by atoms with van der Waals surface area (Å²) >= 11 is 0. The summed E-state index contributed by atoms with van der Waals surface area (Å²) in [6, 6.07) is 16.5. The van der Waals surface area contributed by atoms with Crippen molar-refractivity contribution in [2.45, 2.75) is 37.7 Å². The first-order valence-corrected chi connectivity index (χ1v) is 13.0. The summed E-state index contributed by atoms with van der Waals surface area (Å²) in [5.41, 5.74) is 16.1. The third-order valence-corrected chi connectivity index (χ3v) is 7.68. The van der Waals surface area contributed by atoms with Gasteiger partial charge in [0.05, 0.1) is 6.10 Å². The molecule has 0 spiro atoms. The molecule has 9 nitrogen and oxygen atoms in total. The van der Waals surface area contributed by atoms with E-state index in [0.29, 0.717) is 28.1 Å². The third kappa shape index (κ3) is 4.42. The maximum absolute atomic E-state index is 13.4. The zero-order chi connectivity index (χ0) is 28.0. The van der Waals surface area contributed by atoms with Crippen LogP contribution in [-0.2, 0) is 0 Å². The molecule has 1 aliphatic rings. The Kier molecular flexibility index (Phi) is 6.39. The van der Waals surface area contributed by atoms with Crippen LogP contribution in [0.3, 0.4) is 0 Å². The number of nitrogens with zero attached hydrogens (tertiary/aromatic N) is 4. The Morgan fingerprint density at radius 2 is 1.60 bits per heavy atom. The molecule has 0 atom stereocenters. The largest absolute Gasteiger partial charge is 0.393 e. The molecule has 5 N–H and O–H groups in total. The molecule has 1 saturated carbocycles. The number of nitrogen functional groups attached to an aromatic ring is 1.